The van der Waals surface area contributed by atoms with E-state index in [0.717, 1.165) is 11.9 Å². The highest BCUT2D eigenvalue weighted by Gasteiger charge is 2.14. The summed E-state index contributed by atoms with van der Waals surface area (Å²) in [4.78, 5) is 27.5. The quantitative estimate of drug-likeness (QED) is 0.571. The van der Waals surface area contributed by atoms with E-state index in [4.69, 9.17) is 0 Å². The fraction of sp³-hybridized carbons (Fsp3) is 0.333. The fourth-order valence-corrected chi connectivity index (χ4v) is 3.28. The van der Waals surface area contributed by atoms with Crippen LogP contribution < -0.4 is 10.6 Å². The molecule has 0 spiro atoms. The number of nitrogens with one attached hydrogen (secondary N) is 3. The van der Waals surface area contributed by atoms with Crippen LogP contribution in [-0.4, -0.2) is 29.9 Å². The standard InChI is InChI=1S/C24H29N3O2/c1-24(2,3)19-10-8-17(9-11-19)23(29)26-15-13-22(28)25-14-12-18-16-27-21-7-5-4-6-20(18)21/h4-11,16,27H,12-15H2,1-3H3,(H,25,28)(H,26,29). The summed E-state index contributed by atoms with van der Waals surface area (Å²) in [6.07, 6.45) is 3.02. The van der Waals surface area contributed by atoms with E-state index in [-0.39, 0.29) is 23.7 Å². The molecule has 2 amide bonds. The minimum Gasteiger partial charge on any atom is -0.361 e. The normalized spacial score (nSPS) is 11.4. The van der Waals surface area contributed by atoms with E-state index in [9.17, 15) is 9.59 Å². The van der Waals surface area contributed by atoms with E-state index in [0.29, 0.717) is 18.7 Å². The molecule has 0 atom stereocenters. The second kappa shape index (κ2) is 8.95. The van der Waals surface area contributed by atoms with Crippen LogP contribution in [0.3, 0.4) is 0 Å². The Hall–Kier alpha value is -3.08. The first kappa shape index (κ1) is 20.6. The van der Waals surface area contributed by atoms with Gasteiger partial charge in [-0.1, -0.05) is 51.1 Å². The van der Waals surface area contributed by atoms with Gasteiger partial charge in [0.15, 0.2) is 0 Å². The molecule has 2 aromatic carbocycles. The van der Waals surface area contributed by atoms with Crippen molar-refractivity contribution in [1.29, 1.82) is 0 Å². The summed E-state index contributed by atoms with van der Waals surface area (Å²) in [7, 11) is 0. The lowest BCUT2D eigenvalue weighted by Crippen LogP contribution is -2.31. The lowest BCUT2D eigenvalue weighted by molar-refractivity contribution is -0.120. The van der Waals surface area contributed by atoms with Crippen LogP contribution in [0, 0.1) is 0 Å². The minimum absolute atomic E-state index is 0.0553. The number of carbonyl (C=O) groups is 2. The van der Waals surface area contributed by atoms with Crippen LogP contribution in [0.4, 0.5) is 0 Å². The molecule has 5 nitrogen and oxygen atoms in total. The van der Waals surface area contributed by atoms with Gasteiger partial charge >= 0.3 is 0 Å². The molecule has 3 N–H and O–H groups in total. The van der Waals surface area contributed by atoms with Crippen molar-refractivity contribution in [3.63, 3.8) is 0 Å². The molecule has 29 heavy (non-hydrogen) atoms. The first-order chi connectivity index (χ1) is 13.8. The van der Waals surface area contributed by atoms with Crippen molar-refractivity contribution in [1.82, 2.24) is 15.6 Å². The topological polar surface area (TPSA) is 74.0 Å². The number of benzene rings is 2. The monoisotopic (exact) mass is 391 g/mol. The molecule has 0 unspecified atom stereocenters. The number of fused-ring (bicyclic) bond motifs is 1. The summed E-state index contributed by atoms with van der Waals surface area (Å²) in [5.74, 6) is -0.217. The van der Waals surface area contributed by atoms with E-state index >= 15 is 0 Å². The number of aromatic nitrogens is 1. The molecule has 1 heterocycles. The highest BCUT2D eigenvalue weighted by Crippen LogP contribution is 2.22. The summed E-state index contributed by atoms with van der Waals surface area (Å²) in [6, 6.07) is 15.7. The molecule has 0 saturated carbocycles. The number of H-pyrrole nitrogens is 1. The lowest BCUT2D eigenvalue weighted by Gasteiger charge is -2.19. The molecule has 3 rings (SSSR count). The van der Waals surface area contributed by atoms with E-state index < -0.39 is 0 Å². The minimum atomic E-state index is -0.156. The number of hydrogen-bond donors (Lipinski definition) is 3. The Labute approximate surface area is 171 Å². The molecule has 0 saturated heterocycles. The van der Waals surface area contributed by atoms with Crippen LogP contribution >= 0.6 is 0 Å². The average Bonchev–Trinajstić information content (AvgIpc) is 3.10. The Morgan fingerprint density at radius 3 is 2.38 bits per heavy atom. The summed E-state index contributed by atoms with van der Waals surface area (Å²) < 4.78 is 0. The largest absolute Gasteiger partial charge is 0.361 e. The smallest absolute Gasteiger partial charge is 0.251 e. The van der Waals surface area contributed by atoms with Crippen molar-refractivity contribution in [3.8, 4) is 0 Å². The molecule has 0 aliphatic carbocycles. The van der Waals surface area contributed by atoms with Gasteiger partial charge in [0, 0.05) is 42.2 Å². The van der Waals surface area contributed by atoms with Crippen molar-refractivity contribution >= 4 is 22.7 Å². The zero-order valence-electron chi connectivity index (χ0n) is 17.3. The van der Waals surface area contributed by atoms with Gasteiger partial charge in [0.25, 0.3) is 5.91 Å². The molecule has 5 heteroatoms. The van der Waals surface area contributed by atoms with E-state index in [2.05, 4.69) is 42.5 Å². The highest BCUT2D eigenvalue weighted by atomic mass is 16.2. The Morgan fingerprint density at radius 1 is 0.931 bits per heavy atom. The van der Waals surface area contributed by atoms with Gasteiger partial charge in [-0.05, 0) is 41.2 Å². The van der Waals surface area contributed by atoms with Gasteiger partial charge in [-0.3, -0.25) is 9.59 Å². The first-order valence-corrected chi connectivity index (χ1v) is 10.0. The van der Waals surface area contributed by atoms with Gasteiger partial charge in [-0.25, -0.2) is 0 Å². The van der Waals surface area contributed by atoms with E-state index in [1.807, 2.05) is 48.7 Å². The van der Waals surface area contributed by atoms with Gasteiger partial charge in [0.1, 0.15) is 0 Å². The lowest BCUT2D eigenvalue weighted by atomic mass is 9.87. The van der Waals surface area contributed by atoms with Crippen LogP contribution in [0.2, 0.25) is 0 Å². The molecule has 0 radical (unpaired) electrons. The Balaban J connectivity index is 1.39. The number of carbonyl (C=O) groups excluding carboxylic acids is 2. The second-order valence-electron chi connectivity index (χ2n) is 8.29. The molecular weight excluding hydrogens is 362 g/mol. The van der Waals surface area contributed by atoms with Crippen LogP contribution in [0.15, 0.2) is 54.7 Å². The van der Waals surface area contributed by atoms with Gasteiger partial charge in [-0.2, -0.15) is 0 Å². The maximum atomic E-state index is 12.2. The van der Waals surface area contributed by atoms with Crippen LogP contribution in [0.1, 0.15) is 48.7 Å². The number of rotatable bonds is 7. The van der Waals surface area contributed by atoms with E-state index in [1.54, 1.807) is 0 Å². The van der Waals surface area contributed by atoms with Crippen molar-refractivity contribution in [2.24, 2.45) is 0 Å². The second-order valence-corrected chi connectivity index (χ2v) is 8.29. The van der Waals surface area contributed by atoms with Gasteiger partial charge in [0.2, 0.25) is 5.91 Å². The highest BCUT2D eigenvalue weighted by molar-refractivity contribution is 5.94. The summed E-state index contributed by atoms with van der Waals surface area (Å²) >= 11 is 0. The number of hydrogen-bond acceptors (Lipinski definition) is 2. The first-order valence-electron chi connectivity index (χ1n) is 10.0. The number of para-hydroxylation sites is 1. The summed E-state index contributed by atoms with van der Waals surface area (Å²) in [5.41, 5.74) is 4.14. The van der Waals surface area contributed by atoms with Crippen molar-refractivity contribution in [2.45, 2.75) is 39.0 Å². The van der Waals surface area contributed by atoms with Crippen LogP contribution in [0.5, 0.6) is 0 Å². The molecule has 3 aromatic rings. The van der Waals surface area contributed by atoms with Crippen LogP contribution in [0.25, 0.3) is 10.9 Å². The predicted octanol–water partition coefficient (Wildman–Crippen LogP) is 3.94. The predicted molar refractivity (Wildman–Crippen MR) is 117 cm³/mol. The third kappa shape index (κ3) is 5.47. The maximum Gasteiger partial charge on any atom is 0.251 e. The third-order valence-electron chi connectivity index (χ3n) is 5.04. The van der Waals surface area contributed by atoms with Gasteiger partial charge in [0.05, 0.1) is 0 Å². The van der Waals surface area contributed by atoms with Gasteiger partial charge in [-0.15, -0.1) is 0 Å². The zero-order valence-corrected chi connectivity index (χ0v) is 17.3. The van der Waals surface area contributed by atoms with Crippen molar-refractivity contribution < 1.29 is 9.59 Å². The van der Waals surface area contributed by atoms with E-state index in [1.165, 1.54) is 16.5 Å². The molecule has 0 fully saturated rings. The fourth-order valence-electron chi connectivity index (χ4n) is 3.28. The van der Waals surface area contributed by atoms with Crippen molar-refractivity contribution in [2.75, 3.05) is 13.1 Å². The summed E-state index contributed by atoms with van der Waals surface area (Å²) in [6.45, 7) is 7.30. The Kier molecular flexibility index (Phi) is 6.37. The Morgan fingerprint density at radius 2 is 1.66 bits per heavy atom. The van der Waals surface area contributed by atoms with Crippen LogP contribution in [-0.2, 0) is 16.6 Å². The molecule has 0 aliphatic rings. The van der Waals surface area contributed by atoms with Crippen molar-refractivity contribution in [3.05, 3.63) is 71.4 Å². The maximum absolute atomic E-state index is 12.2. The third-order valence-corrected chi connectivity index (χ3v) is 5.04. The number of amides is 2. The average molecular weight is 392 g/mol. The molecule has 1 aromatic heterocycles. The molecule has 0 aliphatic heterocycles. The molecule has 152 valence electrons. The zero-order chi connectivity index (χ0) is 20.9. The molecular formula is C24H29N3O2. The van der Waals surface area contributed by atoms with Gasteiger partial charge < -0.3 is 15.6 Å². The SMILES string of the molecule is CC(C)(C)c1ccc(C(=O)NCCC(=O)NCCc2c[nH]c3ccccc23)cc1. The number of aromatic amines is 1. The molecule has 0 bridgehead atoms. The Bertz CT molecular complexity index is 981. The summed E-state index contributed by atoms with van der Waals surface area (Å²) in [5, 5.41) is 6.92.